The van der Waals surface area contributed by atoms with Crippen LogP contribution in [0.1, 0.15) is 38.9 Å². The zero-order valence-electron chi connectivity index (χ0n) is 51.1. The van der Waals surface area contributed by atoms with Crippen molar-refractivity contribution in [3.8, 4) is 33.4 Å². The Hall–Kier alpha value is -8.80. The molecular weight excluding hydrogens is 1170 g/mol. The Kier molecular flexibility index (Phi) is 29.4. The summed E-state index contributed by atoms with van der Waals surface area (Å²) in [5.74, 6) is 0. The average molecular weight is 1250 g/mol. The average Bonchev–Trinajstić information content (AvgIpc) is 3.73. The molecule has 4 heteroatoms. The van der Waals surface area contributed by atoms with Crippen LogP contribution in [0, 0.1) is 33.6 Å². The Balaban J connectivity index is 0.000000168. The molecule has 0 atom stereocenters. The molecule has 0 aliphatic carbocycles. The van der Waals surface area contributed by atoms with Gasteiger partial charge in [-0.15, -0.1) is 222 Å². The molecule has 89 heavy (non-hydrogen) atoms. The van der Waals surface area contributed by atoms with Gasteiger partial charge in [-0.3, -0.25) is 0 Å². The Morgan fingerprint density at radius 2 is 0.551 bits per heavy atom. The minimum absolute atomic E-state index is 0. The van der Waals surface area contributed by atoms with Crippen molar-refractivity contribution in [2.24, 2.45) is 0 Å². The molecule has 0 spiro atoms. The smallest absolute Gasteiger partial charge is 0.533 e. The minimum Gasteiger partial charge on any atom is -0.533 e. The molecular formula is C85H74Si2Ti2. The Morgan fingerprint density at radius 1 is 0.270 bits per heavy atom. The van der Waals surface area contributed by atoms with Crippen molar-refractivity contribution in [2.75, 3.05) is 0 Å². The van der Waals surface area contributed by atoms with Crippen LogP contribution in [0.25, 0.3) is 76.5 Å². The minimum atomic E-state index is 0. The Labute approximate surface area is 565 Å². The van der Waals surface area contributed by atoms with Crippen LogP contribution in [0.15, 0.2) is 346 Å². The fourth-order valence-electron chi connectivity index (χ4n) is 10.4. The first-order valence-electron chi connectivity index (χ1n) is 29.4. The first-order chi connectivity index (χ1) is 42.9. The fraction of sp³-hybridized carbons (Fsp3) is 0.0353. The fourth-order valence-corrected chi connectivity index (χ4v) is 10.4. The van der Waals surface area contributed by atoms with Gasteiger partial charge in [0.25, 0.3) is 0 Å². The largest absolute Gasteiger partial charge is 4.00 e. The summed E-state index contributed by atoms with van der Waals surface area (Å²) in [5, 5.41) is 10.7. The number of rotatable bonds is 7. The van der Waals surface area contributed by atoms with Gasteiger partial charge in [0.05, 0.1) is 0 Å². The predicted molar refractivity (Wildman–Crippen MR) is 389 cm³/mol. The van der Waals surface area contributed by atoms with E-state index < -0.39 is 0 Å². The molecule has 0 bridgehead atoms. The second-order valence-corrected chi connectivity index (χ2v) is 20.7. The van der Waals surface area contributed by atoms with Crippen molar-refractivity contribution in [3.05, 3.63) is 398 Å². The van der Waals surface area contributed by atoms with Crippen LogP contribution >= 0.6 is 0 Å². The quantitative estimate of drug-likeness (QED) is 0.110. The van der Waals surface area contributed by atoms with Crippen LogP contribution in [0.5, 0.6) is 0 Å². The number of aryl methyl sites for hydroxylation is 3. The van der Waals surface area contributed by atoms with Gasteiger partial charge >= 0.3 is 43.4 Å². The zero-order chi connectivity index (χ0) is 60.8. The van der Waals surface area contributed by atoms with Crippen LogP contribution in [0.4, 0.5) is 0 Å². The van der Waals surface area contributed by atoms with Crippen molar-refractivity contribution < 1.29 is 43.4 Å². The van der Waals surface area contributed by atoms with Gasteiger partial charge in [-0.1, -0.05) is 226 Å². The first kappa shape index (κ1) is 69.3. The van der Waals surface area contributed by atoms with E-state index in [0.717, 1.165) is 0 Å². The van der Waals surface area contributed by atoms with Gasteiger partial charge in [-0.25, -0.2) is 19.7 Å². The van der Waals surface area contributed by atoms with E-state index in [1.54, 1.807) is 0 Å². The van der Waals surface area contributed by atoms with E-state index in [0.29, 0.717) is 0 Å². The number of fused-ring (bicyclic) bond motifs is 4. The molecule has 15 rings (SSSR count). The van der Waals surface area contributed by atoms with Gasteiger partial charge in [-0.2, -0.15) is 30.3 Å². The molecule has 0 aliphatic rings. The van der Waals surface area contributed by atoms with Crippen LogP contribution in [0.2, 0.25) is 0 Å². The van der Waals surface area contributed by atoms with E-state index in [1.807, 2.05) is 24.3 Å². The van der Waals surface area contributed by atoms with Crippen molar-refractivity contribution >= 4 is 75.1 Å². The summed E-state index contributed by atoms with van der Waals surface area (Å²) in [4.78, 5) is 0. The van der Waals surface area contributed by atoms with Crippen molar-refractivity contribution in [1.82, 2.24) is 0 Å². The first-order valence-corrected chi connectivity index (χ1v) is 31.0. The molecule has 0 unspecified atom stereocenters. The standard InChI is InChI=1S/2C16H13.C15H11.2C13H11.C10H9.2CH3Si.2Ti/c2*1-12-10-14-8-5-9-15(16(14)11-12)13-6-3-2-4-7-13;1-2-6-12(7-3-1)14-10-4-8-13-9-5-11-15(13)14;2*1-3-7-12(8-4-1)11-13-9-5-2-6-10-13;1-8-6-9-4-2-3-5-10(9)7-8;2*1-2;;/h2*2-11H,1H3;1-11H;2*1-11H;2-7H,1H3;2*1H,2H2;;/q8*-1;2*+4. The van der Waals surface area contributed by atoms with Gasteiger partial charge in [0.1, 0.15) is 0 Å². The van der Waals surface area contributed by atoms with E-state index >= 15 is 0 Å². The maximum Gasteiger partial charge on any atom is 4.00 e. The third-order valence-electron chi connectivity index (χ3n) is 14.4. The summed E-state index contributed by atoms with van der Waals surface area (Å²) >= 11 is 0. The predicted octanol–water partition coefficient (Wildman–Crippen LogP) is 20.6. The molecule has 0 radical (unpaired) electrons. The Bertz CT molecular complexity index is 4050. The molecule has 0 N–H and O–H groups in total. The second kappa shape index (κ2) is 37.8. The molecule has 0 aromatic heterocycles. The topological polar surface area (TPSA) is 0 Å². The van der Waals surface area contributed by atoms with Crippen molar-refractivity contribution in [2.45, 2.75) is 20.8 Å². The monoisotopic (exact) mass is 1250 g/mol. The molecule has 0 fully saturated rings. The van der Waals surface area contributed by atoms with Gasteiger partial charge in [0.2, 0.25) is 0 Å². The molecule has 0 saturated carbocycles. The molecule has 0 amide bonds. The molecule has 0 nitrogen and oxygen atoms in total. The van der Waals surface area contributed by atoms with E-state index in [1.165, 1.54) is 135 Å². The van der Waals surface area contributed by atoms with Crippen LogP contribution < -0.4 is 0 Å². The summed E-state index contributed by atoms with van der Waals surface area (Å²) in [6.45, 7) is 6.42. The van der Waals surface area contributed by atoms with Gasteiger partial charge < -0.3 is 12.3 Å². The third-order valence-corrected chi connectivity index (χ3v) is 14.4. The number of benzene rings is 11. The summed E-state index contributed by atoms with van der Waals surface area (Å²) < 4.78 is 0. The molecule has 15 aromatic rings. The molecule has 0 heterocycles. The van der Waals surface area contributed by atoms with E-state index in [2.05, 4.69) is 367 Å². The Morgan fingerprint density at radius 3 is 0.910 bits per heavy atom. The van der Waals surface area contributed by atoms with Gasteiger partial charge in [0.15, 0.2) is 0 Å². The second-order valence-electron chi connectivity index (χ2n) is 20.7. The van der Waals surface area contributed by atoms with Gasteiger partial charge in [0, 0.05) is 0 Å². The summed E-state index contributed by atoms with van der Waals surface area (Å²) in [5.41, 5.74) is 16.8. The van der Waals surface area contributed by atoms with E-state index in [4.69, 9.17) is 0 Å². The molecule has 430 valence electrons. The van der Waals surface area contributed by atoms with Crippen LogP contribution in [-0.2, 0) is 43.4 Å². The number of hydrogen-bond acceptors (Lipinski definition) is 0. The maximum absolute atomic E-state index is 4.53. The summed E-state index contributed by atoms with van der Waals surface area (Å²) in [6, 6.07) is 121. The molecule has 0 aliphatic heterocycles. The van der Waals surface area contributed by atoms with Gasteiger partial charge in [-0.05, 0) is 16.7 Å². The zero-order valence-corrected chi connectivity index (χ0v) is 57.1. The third kappa shape index (κ3) is 20.9. The summed E-state index contributed by atoms with van der Waals surface area (Å²) in [7, 11) is 2.72. The molecule has 0 saturated heterocycles. The normalized spacial score (nSPS) is 9.74. The van der Waals surface area contributed by atoms with Crippen molar-refractivity contribution in [1.29, 1.82) is 0 Å². The number of hydrogen-bond donors (Lipinski definition) is 0. The molecule has 15 aromatic carbocycles. The maximum atomic E-state index is 4.53. The van der Waals surface area contributed by atoms with Crippen LogP contribution in [-0.4, -0.2) is 32.1 Å². The van der Waals surface area contributed by atoms with Crippen LogP contribution in [0.3, 0.4) is 0 Å². The summed E-state index contributed by atoms with van der Waals surface area (Å²) in [6.07, 6.45) is 13.4. The van der Waals surface area contributed by atoms with E-state index in [9.17, 15) is 0 Å². The van der Waals surface area contributed by atoms with Crippen molar-refractivity contribution in [3.63, 3.8) is 0 Å². The SMILES string of the molecule is Cc1cc2c(-c3ccccc3)cccc2[cH-]1.Cc1cc2c(-c3ccccc3)cccc2[cH-]1.Cc1cc2ccccc2[cH-]1.[CH-]=[SiH2].[CH-]=[SiH2].[Ti+4].[Ti+4].c1ccc(-c2cccc3[cH-]ccc23)cc1.c1ccc([CH-]c2ccccc2)cc1.c1ccc([CH-]c2ccccc2)cc1. The van der Waals surface area contributed by atoms with E-state index in [-0.39, 0.29) is 43.4 Å².